The minimum Gasteiger partial charge on any atom is -0.327 e. The second kappa shape index (κ2) is 6.16. The van der Waals surface area contributed by atoms with Crippen molar-refractivity contribution < 1.29 is 13.2 Å². The van der Waals surface area contributed by atoms with Crippen molar-refractivity contribution in [2.24, 2.45) is 5.73 Å². The van der Waals surface area contributed by atoms with Gasteiger partial charge in [0.1, 0.15) is 0 Å². The zero-order valence-corrected chi connectivity index (χ0v) is 12.2. The number of hydrogen-bond donors (Lipinski definition) is 3. The molecule has 22 heavy (non-hydrogen) atoms. The van der Waals surface area contributed by atoms with Crippen molar-refractivity contribution in [2.45, 2.75) is 43.7 Å². The number of rotatable bonds is 2. The Morgan fingerprint density at radius 1 is 1.23 bits per heavy atom. The van der Waals surface area contributed by atoms with Gasteiger partial charge < -0.3 is 5.73 Å². The molecule has 0 spiro atoms. The van der Waals surface area contributed by atoms with Crippen LogP contribution >= 0.6 is 0 Å². The SMILES string of the molecule is NC1CCCN(C2CC(c3cccc(C(F)(F)F)c3)NN2)C1. The lowest BCUT2D eigenvalue weighted by atomic mass is 10.00. The van der Waals surface area contributed by atoms with Gasteiger partial charge in [-0.3, -0.25) is 4.90 Å². The second-order valence-corrected chi connectivity index (χ2v) is 6.11. The number of nitrogens with two attached hydrogens (primary N) is 1. The molecule has 0 bridgehead atoms. The Bertz CT molecular complexity index is 520. The molecule has 3 unspecified atom stereocenters. The van der Waals surface area contributed by atoms with Crippen molar-refractivity contribution >= 4 is 0 Å². The predicted octanol–water partition coefficient (Wildman–Crippen LogP) is 1.99. The molecule has 3 rings (SSSR count). The molecule has 7 heteroatoms. The number of hydrazine groups is 1. The fourth-order valence-corrected chi connectivity index (χ4v) is 3.25. The minimum absolute atomic E-state index is 0.117. The smallest absolute Gasteiger partial charge is 0.327 e. The van der Waals surface area contributed by atoms with Crippen LogP contribution in [0.2, 0.25) is 0 Å². The molecule has 2 aliphatic heterocycles. The molecule has 1 aromatic rings. The molecule has 2 heterocycles. The number of likely N-dealkylation sites (tertiary alicyclic amines) is 1. The molecule has 2 fully saturated rings. The summed E-state index contributed by atoms with van der Waals surface area (Å²) in [5.74, 6) is 0. The lowest BCUT2D eigenvalue weighted by Crippen LogP contribution is -2.52. The average molecular weight is 314 g/mol. The average Bonchev–Trinajstić information content (AvgIpc) is 2.96. The number of piperidine rings is 1. The van der Waals surface area contributed by atoms with E-state index in [0.29, 0.717) is 5.56 Å². The van der Waals surface area contributed by atoms with Crippen LogP contribution < -0.4 is 16.6 Å². The summed E-state index contributed by atoms with van der Waals surface area (Å²) >= 11 is 0. The van der Waals surface area contributed by atoms with Crippen LogP contribution in [0.5, 0.6) is 0 Å². The molecule has 2 saturated heterocycles. The quantitative estimate of drug-likeness (QED) is 0.781. The monoisotopic (exact) mass is 314 g/mol. The van der Waals surface area contributed by atoms with Gasteiger partial charge in [-0.2, -0.15) is 13.2 Å². The van der Waals surface area contributed by atoms with E-state index in [0.717, 1.165) is 38.4 Å². The molecule has 0 saturated carbocycles. The highest BCUT2D eigenvalue weighted by Crippen LogP contribution is 2.32. The predicted molar refractivity (Wildman–Crippen MR) is 77.6 cm³/mol. The number of nitrogens with one attached hydrogen (secondary N) is 2. The van der Waals surface area contributed by atoms with Crippen molar-refractivity contribution in [3.63, 3.8) is 0 Å². The van der Waals surface area contributed by atoms with Crippen LogP contribution in [0.1, 0.15) is 36.4 Å². The van der Waals surface area contributed by atoms with E-state index in [1.165, 1.54) is 12.1 Å². The zero-order valence-electron chi connectivity index (χ0n) is 12.2. The molecule has 0 aromatic heterocycles. The maximum atomic E-state index is 12.8. The van der Waals surface area contributed by atoms with Crippen LogP contribution in [-0.4, -0.2) is 30.2 Å². The third-order valence-electron chi connectivity index (χ3n) is 4.43. The topological polar surface area (TPSA) is 53.3 Å². The summed E-state index contributed by atoms with van der Waals surface area (Å²) in [5.41, 5.74) is 12.4. The third-order valence-corrected chi connectivity index (χ3v) is 4.43. The highest BCUT2D eigenvalue weighted by molar-refractivity contribution is 5.28. The molecule has 0 aliphatic carbocycles. The largest absolute Gasteiger partial charge is 0.416 e. The maximum Gasteiger partial charge on any atom is 0.416 e. The summed E-state index contributed by atoms with van der Waals surface area (Å²) in [4.78, 5) is 2.27. The first-order valence-electron chi connectivity index (χ1n) is 7.61. The van der Waals surface area contributed by atoms with E-state index in [9.17, 15) is 13.2 Å². The van der Waals surface area contributed by atoms with Crippen LogP contribution in [0.4, 0.5) is 13.2 Å². The van der Waals surface area contributed by atoms with Gasteiger partial charge in [-0.15, -0.1) is 0 Å². The number of alkyl halides is 3. The Labute approximate surface area is 127 Å². The van der Waals surface area contributed by atoms with Gasteiger partial charge in [-0.05, 0) is 43.5 Å². The van der Waals surface area contributed by atoms with Gasteiger partial charge in [0.05, 0.1) is 11.7 Å². The van der Waals surface area contributed by atoms with Gasteiger partial charge in [0.15, 0.2) is 0 Å². The summed E-state index contributed by atoms with van der Waals surface area (Å²) in [5, 5.41) is 0. The van der Waals surface area contributed by atoms with Crippen LogP contribution in [0.25, 0.3) is 0 Å². The Hall–Kier alpha value is -1.15. The number of hydrogen-bond acceptors (Lipinski definition) is 4. The van der Waals surface area contributed by atoms with Gasteiger partial charge in [0.2, 0.25) is 0 Å². The van der Waals surface area contributed by atoms with Gasteiger partial charge >= 0.3 is 6.18 Å². The first kappa shape index (κ1) is 15.7. The van der Waals surface area contributed by atoms with E-state index in [-0.39, 0.29) is 18.2 Å². The third kappa shape index (κ3) is 3.43. The first-order chi connectivity index (χ1) is 10.4. The number of halogens is 3. The van der Waals surface area contributed by atoms with Crippen molar-refractivity contribution in [1.29, 1.82) is 0 Å². The highest BCUT2D eigenvalue weighted by atomic mass is 19.4. The summed E-state index contributed by atoms with van der Waals surface area (Å²) < 4.78 is 38.4. The Kier molecular flexibility index (Phi) is 4.40. The van der Waals surface area contributed by atoms with Gasteiger partial charge in [0, 0.05) is 18.6 Å². The standard InChI is InChI=1S/C15H21F3N4/c16-15(17,18)11-4-1-3-10(7-11)13-8-14(21-20-13)22-6-2-5-12(19)9-22/h1,3-4,7,12-14,20-21H,2,5-6,8-9,19H2. The molecule has 3 atom stereocenters. The van der Waals surface area contributed by atoms with Gasteiger partial charge in [-0.25, -0.2) is 10.9 Å². The lowest BCUT2D eigenvalue weighted by molar-refractivity contribution is -0.137. The van der Waals surface area contributed by atoms with Gasteiger partial charge in [-0.1, -0.05) is 12.1 Å². The highest BCUT2D eigenvalue weighted by Gasteiger charge is 2.34. The van der Waals surface area contributed by atoms with Crippen LogP contribution in [0.3, 0.4) is 0 Å². The molecular formula is C15H21F3N4. The van der Waals surface area contributed by atoms with E-state index in [1.807, 2.05) is 0 Å². The van der Waals surface area contributed by atoms with E-state index < -0.39 is 11.7 Å². The van der Waals surface area contributed by atoms with Gasteiger partial charge in [0.25, 0.3) is 0 Å². The zero-order chi connectivity index (χ0) is 15.7. The minimum atomic E-state index is -4.30. The van der Waals surface area contributed by atoms with Crippen molar-refractivity contribution in [3.05, 3.63) is 35.4 Å². The van der Waals surface area contributed by atoms with Crippen molar-refractivity contribution in [2.75, 3.05) is 13.1 Å². The summed E-state index contributed by atoms with van der Waals surface area (Å²) in [6.07, 6.45) is -1.36. The second-order valence-electron chi connectivity index (χ2n) is 6.11. The van der Waals surface area contributed by atoms with Crippen LogP contribution in [0.15, 0.2) is 24.3 Å². The Balaban J connectivity index is 1.67. The lowest BCUT2D eigenvalue weighted by Gasteiger charge is -2.34. The maximum absolute atomic E-state index is 12.8. The van der Waals surface area contributed by atoms with E-state index in [4.69, 9.17) is 5.73 Å². The first-order valence-corrected chi connectivity index (χ1v) is 7.61. The van der Waals surface area contributed by atoms with Crippen molar-refractivity contribution in [3.8, 4) is 0 Å². The Morgan fingerprint density at radius 3 is 2.77 bits per heavy atom. The van der Waals surface area contributed by atoms with E-state index >= 15 is 0 Å². The molecule has 1 aromatic carbocycles. The summed E-state index contributed by atoms with van der Waals surface area (Å²) in [7, 11) is 0. The molecule has 4 N–H and O–H groups in total. The molecular weight excluding hydrogens is 293 g/mol. The van der Waals surface area contributed by atoms with E-state index in [1.54, 1.807) is 6.07 Å². The fourth-order valence-electron chi connectivity index (χ4n) is 3.25. The number of benzene rings is 1. The fraction of sp³-hybridized carbons (Fsp3) is 0.600. The molecule has 4 nitrogen and oxygen atoms in total. The summed E-state index contributed by atoms with van der Waals surface area (Å²) in [6, 6.07) is 5.59. The molecule has 2 aliphatic rings. The van der Waals surface area contributed by atoms with Crippen LogP contribution in [0, 0.1) is 0 Å². The number of nitrogens with zero attached hydrogens (tertiary/aromatic N) is 1. The summed E-state index contributed by atoms with van der Waals surface area (Å²) in [6.45, 7) is 1.80. The van der Waals surface area contributed by atoms with Crippen LogP contribution in [-0.2, 0) is 6.18 Å². The molecule has 122 valence electrons. The molecule has 0 radical (unpaired) electrons. The normalized spacial score (nSPS) is 30.6. The molecule has 0 amide bonds. The van der Waals surface area contributed by atoms with Crippen molar-refractivity contribution in [1.82, 2.24) is 15.8 Å². The Morgan fingerprint density at radius 2 is 2.05 bits per heavy atom. The van der Waals surface area contributed by atoms with E-state index in [2.05, 4.69) is 15.8 Å².